The van der Waals surface area contributed by atoms with Crippen molar-refractivity contribution in [2.75, 3.05) is 6.61 Å². The highest BCUT2D eigenvalue weighted by Gasteiger charge is 2.20. The zero-order valence-electron chi connectivity index (χ0n) is 16.0. The van der Waals surface area contributed by atoms with Crippen LogP contribution in [-0.2, 0) is 23.2 Å². The Morgan fingerprint density at radius 2 is 2.08 bits per heavy atom. The molecule has 1 amide bonds. The molecule has 0 spiro atoms. The van der Waals surface area contributed by atoms with Gasteiger partial charge in [0.15, 0.2) is 0 Å². The third-order valence-electron chi connectivity index (χ3n) is 3.95. The van der Waals surface area contributed by atoms with Crippen molar-refractivity contribution in [3.05, 3.63) is 53.1 Å². The lowest BCUT2D eigenvalue weighted by molar-refractivity contribution is -0.120. The Morgan fingerprint density at radius 3 is 2.73 bits per heavy atom. The van der Waals surface area contributed by atoms with E-state index in [1.165, 1.54) is 17.0 Å². The molecule has 1 N–H and O–H groups in total. The minimum absolute atomic E-state index is 0.111. The topological polar surface area (TPSA) is 56.1 Å². The van der Waals surface area contributed by atoms with E-state index in [2.05, 4.69) is 38.1 Å². The lowest BCUT2D eigenvalue weighted by Crippen LogP contribution is -2.27. The van der Waals surface area contributed by atoms with Crippen LogP contribution in [0.1, 0.15) is 57.5 Å². The fourth-order valence-corrected chi connectivity index (χ4v) is 2.38. The summed E-state index contributed by atoms with van der Waals surface area (Å²) in [7, 11) is 0. The molecule has 0 saturated heterocycles. The van der Waals surface area contributed by atoms with Gasteiger partial charge in [-0.1, -0.05) is 46.2 Å². The minimum atomic E-state index is -0.340. The van der Waals surface area contributed by atoms with Crippen molar-refractivity contribution in [1.82, 2.24) is 15.3 Å². The van der Waals surface area contributed by atoms with Crippen LogP contribution in [0.2, 0.25) is 0 Å². The SMILES string of the molecule is CCCCOn1nc(C(C)(C)C)cc1CNC(=O)Cc1cccc(F)c1. The molecule has 1 aromatic carbocycles. The van der Waals surface area contributed by atoms with Crippen LogP contribution in [0.5, 0.6) is 0 Å². The number of aromatic nitrogens is 2. The van der Waals surface area contributed by atoms with Gasteiger partial charge in [0.1, 0.15) is 12.4 Å². The van der Waals surface area contributed by atoms with E-state index in [1.54, 1.807) is 12.1 Å². The molecule has 2 rings (SSSR count). The van der Waals surface area contributed by atoms with Gasteiger partial charge in [-0.25, -0.2) is 4.39 Å². The fraction of sp³-hybridized carbons (Fsp3) is 0.500. The molecule has 0 aliphatic carbocycles. The van der Waals surface area contributed by atoms with Crippen molar-refractivity contribution in [3.8, 4) is 0 Å². The third-order valence-corrected chi connectivity index (χ3v) is 3.95. The first kappa shape index (κ1) is 19.9. The molecule has 0 bridgehead atoms. The average Bonchev–Trinajstić information content (AvgIpc) is 2.97. The number of hydrogen-bond donors (Lipinski definition) is 1. The number of carbonyl (C=O) groups excluding carboxylic acids is 1. The Hall–Kier alpha value is -2.37. The number of amides is 1. The van der Waals surface area contributed by atoms with E-state index in [0.717, 1.165) is 24.2 Å². The molecule has 0 fully saturated rings. The van der Waals surface area contributed by atoms with Gasteiger partial charge in [-0.2, -0.15) is 0 Å². The van der Waals surface area contributed by atoms with E-state index in [1.807, 2.05) is 6.07 Å². The Bertz CT molecular complexity index is 735. The highest BCUT2D eigenvalue weighted by Crippen LogP contribution is 2.21. The molecule has 26 heavy (non-hydrogen) atoms. The molecule has 0 radical (unpaired) electrons. The second kappa shape index (κ2) is 8.83. The molecule has 1 aromatic heterocycles. The normalized spacial score (nSPS) is 11.4. The molecule has 0 aliphatic heterocycles. The first-order valence-corrected chi connectivity index (χ1v) is 9.03. The molecule has 0 saturated carbocycles. The molecule has 1 heterocycles. The molecule has 142 valence electrons. The lowest BCUT2D eigenvalue weighted by atomic mass is 9.92. The number of nitrogens with zero attached hydrogens (tertiary/aromatic N) is 2. The molecule has 2 aromatic rings. The van der Waals surface area contributed by atoms with Crippen molar-refractivity contribution < 1.29 is 14.0 Å². The second-order valence-electron chi connectivity index (χ2n) is 7.41. The number of halogens is 1. The van der Waals surface area contributed by atoms with E-state index >= 15 is 0 Å². The monoisotopic (exact) mass is 361 g/mol. The summed E-state index contributed by atoms with van der Waals surface area (Å²) in [5.41, 5.74) is 2.23. The number of nitrogens with one attached hydrogen (secondary N) is 1. The number of hydrogen-bond acceptors (Lipinski definition) is 3. The minimum Gasteiger partial charge on any atom is -0.396 e. The van der Waals surface area contributed by atoms with Crippen LogP contribution in [0.3, 0.4) is 0 Å². The maximum atomic E-state index is 13.2. The Balaban J connectivity index is 2.02. The van der Waals surface area contributed by atoms with Crippen LogP contribution in [0.15, 0.2) is 30.3 Å². The van der Waals surface area contributed by atoms with Gasteiger partial charge in [0, 0.05) is 5.41 Å². The van der Waals surface area contributed by atoms with Gasteiger partial charge < -0.3 is 10.2 Å². The Kier molecular flexibility index (Phi) is 6.77. The van der Waals surface area contributed by atoms with Crippen molar-refractivity contribution in [1.29, 1.82) is 0 Å². The van der Waals surface area contributed by atoms with Crippen molar-refractivity contribution in [2.45, 2.75) is 58.9 Å². The summed E-state index contributed by atoms with van der Waals surface area (Å²) >= 11 is 0. The summed E-state index contributed by atoms with van der Waals surface area (Å²) in [4.78, 5) is 19.4. The molecule has 6 heteroatoms. The van der Waals surface area contributed by atoms with E-state index in [4.69, 9.17) is 4.84 Å². The third kappa shape index (κ3) is 5.86. The number of benzene rings is 1. The van der Waals surface area contributed by atoms with Crippen molar-refractivity contribution >= 4 is 5.91 Å². The van der Waals surface area contributed by atoms with Gasteiger partial charge in [-0.3, -0.25) is 4.79 Å². The molecular formula is C20H28FN3O2. The number of unbranched alkanes of at least 4 members (excludes halogenated alkanes) is 1. The zero-order valence-corrected chi connectivity index (χ0v) is 16.0. The number of rotatable bonds is 8. The van der Waals surface area contributed by atoms with Gasteiger partial charge >= 0.3 is 0 Å². The molecule has 0 atom stereocenters. The van der Waals surface area contributed by atoms with Crippen LogP contribution >= 0.6 is 0 Å². The van der Waals surface area contributed by atoms with Crippen molar-refractivity contribution in [3.63, 3.8) is 0 Å². The maximum Gasteiger partial charge on any atom is 0.224 e. The quantitative estimate of drug-likeness (QED) is 0.733. The summed E-state index contributed by atoms with van der Waals surface area (Å²) in [5.74, 6) is -0.512. The summed E-state index contributed by atoms with van der Waals surface area (Å²) in [6.07, 6.45) is 2.11. The molecular weight excluding hydrogens is 333 g/mol. The average molecular weight is 361 g/mol. The van der Waals surface area contributed by atoms with E-state index < -0.39 is 0 Å². The zero-order chi connectivity index (χ0) is 19.2. The van der Waals surface area contributed by atoms with Crippen molar-refractivity contribution in [2.24, 2.45) is 0 Å². The predicted molar refractivity (Wildman–Crippen MR) is 99.2 cm³/mol. The van der Waals surface area contributed by atoms with Gasteiger partial charge in [0.25, 0.3) is 0 Å². The van der Waals surface area contributed by atoms with Crippen LogP contribution in [-0.4, -0.2) is 22.5 Å². The second-order valence-corrected chi connectivity index (χ2v) is 7.41. The molecule has 0 unspecified atom stereocenters. The highest BCUT2D eigenvalue weighted by atomic mass is 19.1. The summed E-state index contributed by atoms with van der Waals surface area (Å²) < 4.78 is 13.2. The first-order valence-electron chi connectivity index (χ1n) is 9.03. The van der Waals surface area contributed by atoms with Crippen LogP contribution in [0.4, 0.5) is 4.39 Å². The molecule has 0 aliphatic rings. The first-order chi connectivity index (χ1) is 12.3. The highest BCUT2D eigenvalue weighted by molar-refractivity contribution is 5.78. The van der Waals surface area contributed by atoms with Crippen LogP contribution in [0.25, 0.3) is 0 Å². The van der Waals surface area contributed by atoms with Gasteiger partial charge in [-0.15, -0.1) is 9.94 Å². The smallest absolute Gasteiger partial charge is 0.224 e. The van der Waals surface area contributed by atoms with Gasteiger partial charge in [-0.05, 0) is 30.2 Å². The largest absolute Gasteiger partial charge is 0.396 e. The standard InChI is InChI=1S/C20H28FN3O2/c1-5-6-10-26-24-17(13-18(23-24)20(2,3)4)14-22-19(25)12-15-8-7-9-16(21)11-15/h7-9,11,13H,5-6,10,12,14H2,1-4H3,(H,22,25). The predicted octanol–water partition coefficient (Wildman–Crippen LogP) is 3.41. The maximum absolute atomic E-state index is 13.2. The van der Waals surface area contributed by atoms with Crippen LogP contribution in [0, 0.1) is 5.82 Å². The van der Waals surface area contributed by atoms with Crippen LogP contribution < -0.4 is 10.2 Å². The number of carbonyl (C=O) groups is 1. The lowest BCUT2D eigenvalue weighted by Gasteiger charge is -2.14. The Labute approximate surface area is 154 Å². The van der Waals surface area contributed by atoms with E-state index in [0.29, 0.717) is 18.7 Å². The van der Waals surface area contributed by atoms with E-state index in [-0.39, 0.29) is 23.6 Å². The summed E-state index contributed by atoms with van der Waals surface area (Å²) in [6.45, 7) is 9.23. The summed E-state index contributed by atoms with van der Waals surface area (Å²) in [6, 6.07) is 8.02. The van der Waals surface area contributed by atoms with Gasteiger partial charge in [0.05, 0.1) is 24.4 Å². The van der Waals surface area contributed by atoms with Gasteiger partial charge in [0.2, 0.25) is 5.91 Å². The fourth-order valence-electron chi connectivity index (χ4n) is 2.38. The Morgan fingerprint density at radius 1 is 1.31 bits per heavy atom. The van der Waals surface area contributed by atoms with E-state index in [9.17, 15) is 9.18 Å². The summed E-state index contributed by atoms with van der Waals surface area (Å²) in [5, 5.41) is 7.38. The molecule has 5 nitrogen and oxygen atoms in total.